The maximum atomic E-state index is 12.3. The number of nitrogens with zero attached hydrogens (tertiary/aromatic N) is 2. The molecule has 1 saturated heterocycles. The van der Waals surface area contributed by atoms with E-state index in [1.54, 1.807) is 18.2 Å². The highest BCUT2D eigenvalue weighted by Crippen LogP contribution is 2.30. The van der Waals surface area contributed by atoms with Crippen LogP contribution in [0.3, 0.4) is 0 Å². The van der Waals surface area contributed by atoms with Gasteiger partial charge in [-0.05, 0) is 37.8 Å². The van der Waals surface area contributed by atoms with Gasteiger partial charge in [0.25, 0.3) is 0 Å². The fraction of sp³-hybridized carbons (Fsp3) is 0.474. The topological polar surface area (TPSA) is 82.9 Å². The van der Waals surface area contributed by atoms with Crippen molar-refractivity contribution in [3.05, 3.63) is 28.2 Å². The summed E-state index contributed by atoms with van der Waals surface area (Å²) < 4.78 is 0. The molecule has 6 nitrogen and oxygen atoms in total. The molecule has 2 amide bonds. The zero-order valence-electron chi connectivity index (χ0n) is 15.3. The van der Waals surface area contributed by atoms with Gasteiger partial charge in [0, 0.05) is 12.1 Å². The monoisotopic (exact) mass is 440 g/mol. The molecule has 1 aliphatic carbocycles. The third-order valence-electron chi connectivity index (χ3n) is 4.59. The molecule has 9 heteroatoms. The summed E-state index contributed by atoms with van der Waals surface area (Å²) in [4.78, 5) is 24.4. The maximum absolute atomic E-state index is 12.3. The third-order valence-corrected chi connectivity index (χ3v) is 6.48. The lowest BCUT2D eigenvalue weighted by atomic mass is 9.99. The van der Waals surface area contributed by atoms with Crippen LogP contribution in [0, 0.1) is 0 Å². The first-order valence-electron chi connectivity index (χ1n) is 9.37. The summed E-state index contributed by atoms with van der Waals surface area (Å²) >= 11 is 13.3. The summed E-state index contributed by atoms with van der Waals surface area (Å²) in [5.74, 6) is -0.557. The number of amides is 2. The Hall–Kier alpha value is -1.57. The molecule has 28 heavy (non-hydrogen) atoms. The van der Waals surface area contributed by atoms with Crippen LogP contribution in [0.4, 0.5) is 5.69 Å². The molecule has 1 heterocycles. The van der Waals surface area contributed by atoms with Gasteiger partial charge in [0.05, 0.1) is 15.7 Å². The highest BCUT2D eigenvalue weighted by atomic mass is 35.5. The molecule has 2 fully saturated rings. The van der Waals surface area contributed by atoms with Gasteiger partial charge in [0.2, 0.25) is 11.8 Å². The zero-order chi connectivity index (χ0) is 19.9. The van der Waals surface area contributed by atoms with Crippen molar-refractivity contribution in [3.63, 3.8) is 0 Å². The number of halogens is 2. The second kappa shape index (κ2) is 10.3. The highest BCUT2D eigenvalue weighted by molar-refractivity contribution is 8.15. The van der Waals surface area contributed by atoms with Crippen molar-refractivity contribution in [1.82, 2.24) is 5.32 Å². The SMILES string of the molecule is O=C(C[C@@H]1S/C(=N/N=C2CCCCCCC2)NC1=O)Nc1cccc(Cl)c1Cl. The first kappa shape index (κ1) is 21.1. The van der Waals surface area contributed by atoms with Crippen LogP contribution in [0.1, 0.15) is 51.4 Å². The van der Waals surface area contributed by atoms with Crippen LogP contribution in [0.25, 0.3) is 0 Å². The molecule has 2 N–H and O–H groups in total. The van der Waals surface area contributed by atoms with E-state index in [1.807, 2.05) is 0 Å². The molecule has 3 rings (SSSR count). The van der Waals surface area contributed by atoms with Crippen molar-refractivity contribution < 1.29 is 9.59 Å². The van der Waals surface area contributed by atoms with Crippen molar-refractivity contribution in [1.29, 1.82) is 0 Å². The lowest BCUT2D eigenvalue weighted by molar-refractivity contribution is -0.122. The van der Waals surface area contributed by atoms with Crippen LogP contribution < -0.4 is 10.6 Å². The van der Waals surface area contributed by atoms with Crippen LogP contribution >= 0.6 is 35.0 Å². The van der Waals surface area contributed by atoms with Gasteiger partial charge in [-0.2, -0.15) is 5.10 Å². The van der Waals surface area contributed by atoms with E-state index >= 15 is 0 Å². The number of thioether (sulfide) groups is 1. The molecule has 2 aliphatic rings. The molecule has 0 aromatic heterocycles. The van der Waals surface area contributed by atoms with E-state index in [-0.39, 0.29) is 23.3 Å². The van der Waals surface area contributed by atoms with E-state index in [0.29, 0.717) is 15.9 Å². The molecule has 150 valence electrons. The number of benzene rings is 1. The molecule has 0 radical (unpaired) electrons. The average Bonchev–Trinajstić information content (AvgIpc) is 2.97. The Labute approximate surface area is 178 Å². The van der Waals surface area contributed by atoms with Crippen LogP contribution in [0.2, 0.25) is 10.0 Å². The second-order valence-corrected chi connectivity index (χ2v) is 8.77. The van der Waals surface area contributed by atoms with E-state index in [0.717, 1.165) is 31.4 Å². The Balaban J connectivity index is 1.56. The molecule has 1 aliphatic heterocycles. The molecular formula is C19H22Cl2N4O2S. The number of anilines is 1. The lowest BCUT2D eigenvalue weighted by Gasteiger charge is -2.09. The Morgan fingerprint density at radius 1 is 1.14 bits per heavy atom. The normalized spacial score (nSPS) is 21.8. The Kier molecular flexibility index (Phi) is 7.76. The Morgan fingerprint density at radius 3 is 2.61 bits per heavy atom. The molecule has 0 unspecified atom stereocenters. The summed E-state index contributed by atoms with van der Waals surface area (Å²) in [7, 11) is 0. The number of amidine groups is 1. The van der Waals surface area contributed by atoms with Crippen LogP contribution in [0.15, 0.2) is 28.4 Å². The molecule has 1 aromatic carbocycles. The first-order valence-corrected chi connectivity index (χ1v) is 11.0. The van der Waals surface area contributed by atoms with E-state index in [9.17, 15) is 9.59 Å². The summed E-state index contributed by atoms with van der Waals surface area (Å²) in [6.07, 6.45) is 7.95. The van der Waals surface area contributed by atoms with E-state index < -0.39 is 5.25 Å². The lowest BCUT2D eigenvalue weighted by Crippen LogP contribution is -2.28. The Bertz CT molecular complexity index is 803. The molecule has 1 atom stereocenters. The predicted molar refractivity (Wildman–Crippen MR) is 116 cm³/mol. The van der Waals surface area contributed by atoms with Gasteiger partial charge in [-0.3, -0.25) is 9.59 Å². The van der Waals surface area contributed by atoms with Gasteiger partial charge in [0.1, 0.15) is 5.25 Å². The largest absolute Gasteiger partial charge is 0.325 e. The summed E-state index contributed by atoms with van der Waals surface area (Å²) in [6.45, 7) is 0. The van der Waals surface area contributed by atoms with E-state index in [1.165, 1.54) is 31.0 Å². The predicted octanol–water partition coefficient (Wildman–Crippen LogP) is 5.01. The van der Waals surface area contributed by atoms with E-state index in [4.69, 9.17) is 23.2 Å². The average molecular weight is 441 g/mol. The van der Waals surface area contributed by atoms with Crippen molar-refractivity contribution >= 4 is 63.3 Å². The number of carbonyl (C=O) groups excluding carboxylic acids is 2. The third kappa shape index (κ3) is 5.96. The summed E-state index contributed by atoms with van der Waals surface area (Å²) in [5.41, 5.74) is 1.51. The number of hydrogen-bond donors (Lipinski definition) is 2. The van der Waals surface area contributed by atoms with Crippen LogP contribution in [-0.4, -0.2) is 27.9 Å². The van der Waals surface area contributed by atoms with Crippen molar-refractivity contribution in [3.8, 4) is 0 Å². The van der Waals surface area contributed by atoms with Crippen molar-refractivity contribution in [2.24, 2.45) is 10.2 Å². The quantitative estimate of drug-likeness (QED) is 0.645. The van der Waals surface area contributed by atoms with Gasteiger partial charge in [-0.15, -0.1) is 5.10 Å². The second-order valence-electron chi connectivity index (χ2n) is 6.79. The minimum Gasteiger partial charge on any atom is -0.325 e. The molecule has 0 spiro atoms. The molecule has 1 saturated carbocycles. The standard InChI is InChI=1S/C19H22Cl2N4O2S/c20-13-9-6-10-14(17(13)21)22-16(26)11-15-18(27)23-19(28-15)25-24-12-7-4-2-1-3-5-8-12/h6,9-10,15H,1-5,7-8,11H2,(H,22,26)(H,23,25,27)/t15-/m0/s1. The fourth-order valence-electron chi connectivity index (χ4n) is 3.09. The van der Waals surface area contributed by atoms with Gasteiger partial charge >= 0.3 is 0 Å². The van der Waals surface area contributed by atoms with Crippen molar-refractivity contribution in [2.75, 3.05) is 5.32 Å². The summed E-state index contributed by atoms with van der Waals surface area (Å²) in [5, 5.41) is 14.5. The van der Waals surface area contributed by atoms with E-state index in [2.05, 4.69) is 20.8 Å². The fourth-order valence-corrected chi connectivity index (χ4v) is 4.35. The van der Waals surface area contributed by atoms with Gasteiger partial charge in [0.15, 0.2) is 5.17 Å². The number of nitrogens with one attached hydrogen (secondary N) is 2. The molecule has 0 bridgehead atoms. The first-order chi connectivity index (χ1) is 13.5. The summed E-state index contributed by atoms with van der Waals surface area (Å²) in [6, 6.07) is 4.99. The number of rotatable bonds is 4. The van der Waals surface area contributed by atoms with Gasteiger partial charge < -0.3 is 10.6 Å². The highest BCUT2D eigenvalue weighted by Gasteiger charge is 2.32. The van der Waals surface area contributed by atoms with Crippen LogP contribution in [-0.2, 0) is 9.59 Å². The van der Waals surface area contributed by atoms with Gasteiger partial charge in [-0.25, -0.2) is 0 Å². The molecule has 1 aromatic rings. The number of carbonyl (C=O) groups is 2. The minimum atomic E-state index is -0.547. The molecular weight excluding hydrogens is 419 g/mol. The minimum absolute atomic E-state index is 0.00886. The zero-order valence-corrected chi connectivity index (χ0v) is 17.7. The van der Waals surface area contributed by atoms with Crippen molar-refractivity contribution in [2.45, 2.75) is 56.6 Å². The van der Waals surface area contributed by atoms with Crippen LogP contribution in [0.5, 0.6) is 0 Å². The maximum Gasteiger partial charge on any atom is 0.240 e. The number of hydrogen-bond acceptors (Lipinski definition) is 5. The smallest absolute Gasteiger partial charge is 0.240 e. The Morgan fingerprint density at radius 2 is 1.86 bits per heavy atom. The van der Waals surface area contributed by atoms with Gasteiger partial charge in [-0.1, -0.05) is 60.3 Å².